The summed E-state index contributed by atoms with van der Waals surface area (Å²) in [5.74, 6) is 0.0669. The maximum Gasteiger partial charge on any atom is 0.238 e. The van der Waals surface area contributed by atoms with E-state index >= 15 is 0 Å². The van der Waals surface area contributed by atoms with Crippen LogP contribution in [0.25, 0.3) is 11.0 Å². The van der Waals surface area contributed by atoms with Crippen LogP contribution in [0.4, 0.5) is 0 Å². The van der Waals surface area contributed by atoms with Crippen LogP contribution in [0.2, 0.25) is 0 Å². The van der Waals surface area contributed by atoms with Gasteiger partial charge < -0.3 is 9.88 Å². The number of carbonyl (C=O) groups is 1. The Morgan fingerprint density at radius 2 is 1.97 bits per heavy atom. The minimum Gasteiger partial charge on any atom is -0.344 e. The second kappa shape index (κ2) is 9.45. The fourth-order valence-electron chi connectivity index (χ4n) is 3.43. The third kappa shape index (κ3) is 4.88. The quantitative estimate of drug-likeness (QED) is 0.369. The minimum atomic E-state index is -3.81. The van der Waals surface area contributed by atoms with Gasteiger partial charge >= 0.3 is 0 Å². The third-order valence-electron chi connectivity index (χ3n) is 4.93. The molecule has 10 heteroatoms. The number of imidazole rings is 1. The molecule has 0 radical (unpaired) electrons. The van der Waals surface area contributed by atoms with E-state index in [0.29, 0.717) is 17.2 Å². The monoisotopic (exact) mass is 486 g/mol. The van der Waals surface area contributed by atoms with E-state index < -0.39 is 10.0 Å². The zero-order valence-corrected chi connectivity index (χ0v) is 19.7. The molecule has 1 atom stereocenters. The minimum absolute atomic E-state index is 0.0155. The molecule has 0 aliphatic heterocycles. The number of sulfonamides is 1. The molecule has 0 aliphatic carbocycles. The molecule has 0 fully saturated rings. The van der Waals surface area contributed by atoms with E-state index in [2.05, 4.69) is 10.3 Å². The summed E-state index contributed by atoms with van der Waals surface area (Å²) in [5, 5.41) is 11.0. The summed E-state index contributed by atoms with van der Waals surface area (Å²) < 4.78 is 25.3. The van der Waals surface area contributed by atoms with Gasteiger partial charge in [0, 0.05) is 11.4 Å². The summed E-state index contributed by atoms with van der Waals surface area (Å²) in [6.45, 7) is 2.61. The highest BCUT2D eigenvalue weighted by molar-refractivity contribution is 7.99. The number of nitrogens with two attached hydrogens (primary N) is 1. The summed E-state index contributed by atoms with van der Waals surface area (Å²) in [6, 6.07) is 18.2. The number of aromatic nitrogens is 2. The number of hydrogen-bond donors (Lipinski definition) is 2. The first-order chi connectivity index (χ1) is 15.4. The van der Waals surface area contributed by atoms with Crippen LogP contribution in [0.1, 0.15) is 23.4 Å². The average Bonchev–Trinajstić information content (AvgIpc) is 3.43. The topological polar surface area (TPSA) is 107 Å². The lowest BCUT2D eigenvalue weighted by Gasteiger charge is -2.18. The second-order valence-corrected chi connectivity index (χ2v) is 10.5. The van der Waals surface area contributed by atoms with Crippen LogP contribution in [0.15, 0.2) is 76.1 Å². The second-order valence-electron chi connectivity index (χ2n) is 7.05. The summed E-state index contributed by atoms with van der Waals surface area (Å²) in [7, 11) is -3.81. The number of thiophene rings is 1. The largest absolute Gasteiger partial charge is 0.344 e. The van der Waals surface area contributed by atoms with Crippen molar-refractivity contribution >= 4 is 50.1 Å². The third-order valence-corrected chi connectivity index (χ3v) is 7.75. The molecule has 7 nitrogen and oxygen atoms in total. The summed E-state index contributed by atoms with van der Waals surface area (Å²) in [4.78, 5) is 18.5. The molecule has 2 aromatic heterocycles. The van der Waals surface area contributed by atoms with Crippen LogP contribution < -0.4 is 10.5 Å². The van der Waals surface area contributed by atoms with Gasteiger partial charge in [-0.1, -0.05) is 48.2 Å². The summed E-state index contributed by atoms with van der Waals surface area (Å²) in [5.41, 5.74) is 2.34. The van der Waals surface area contributed by atoms with Crippen LogP contribution in [0.5, 0.6) is 0 Å². The van der Waals surface area contributed by atoms with Crippen molar-refractivity contribution < 1.29 is 13.2 Å². The first kappa shape index (κ1) is 22.5. The van der Waals surface area contributed by atoms with Crippen molar-refractivity contribution in [3.8, 4) is 0 Å². The molecule has 3 N–H and O–H groups in total. The van der Waals surface area contributed by atoms with Crippen molar-refractivity contribution in [3.63, 3.8) is 0 Å². The van der Waals surface area contributed by atoms with Gasteiger partial charge in [-0.15, -0.1) is 11.3 Å². The summed E-state index contributed by atoms with van der Waals surface area (Å²) in [6.07, 6.45) is 0. The molecule has 1 amide bonds. The highest BCUT2D eigenvalue weighted by Gasteiger charge is 2.19. The predicted molar refractivity (Wildman–Crippen MR) is 128 cm³/mol. The Morgan fingerprint density at radius 3 is 2.62 bits per heavy atom. The highest BCUT2D eigenvalue weighted by atomic mass is 32.2. The SMILES string of the molecule is CCn1c(SCC(=O)N[C@H](c2ccccc2)c2cccs2)nc2cc(S(N)(=O)=O)ccc21. The molecule has 0 unspecified atom stereocenters. The number of primary sulfonamides is 1. The first-order valence-electron chi connectivity index (χ1n) is 9.90. The van der Waals surface area contributed by atoms with Gasteiger partial charge in [0.2, 0.25) is 15.9 Å². The Balaban J connectivity index is 1.53. The van der Waals surface area contributed by atoms with E-state index in [1.807, 2.05) is 59.3 Å². The molecular weight excluding hydrogens is 464 g/mol. The molecule has 166 valence electrons. The van der Waals surface area contributed by atoms with Gasteiger partial charge in [-0.05, 0) is 42.1 Å². The van der Waals surface area contributed by atoms with Crippen LogP contribution in [0.3, 0.4) is 0 Å². The first-order valence-corrected chi connectivity index (χ1v) is 13.3. The van der Waals surface area contributed by atoms with E-state index in [4.69, 9.17) is 5.14 Å². The number of hydrogen-bond acceptors (Lipinski definition) is 6. The van der Waals surface area contributed by atoms with Crippen LogP contribution >= 0.6 is 23.1 Å². The molecule has 2 heterocycles. The van der Waals surface area contributed by atoms with Crippen molar-refractivity contribution in [1.29, 1.82) is 0 Å². The van der Waals surface area contributed by atoms with Crippen molar-refractivity contribution in [2.75, 3.05) is 5.75 Å². The smallest absolute Gasteiger partial charge is 0.238 e. The molecule has 0 saturated carbocycles. The highest BCUT2D eigenvalue weighted by Crippen LogP contribution is 2.28. The normalized spacial score (nSPS) is 12.7. The Morgan fingerprint density at radius 1 is 1.19 bits per heavy atom. The maximum absolute atomic E-state index is 12.8. The van der Waals surface area contributed by atoms with Crippen LogP contribution in [-0.4, -0.2) is 29.6 Å². The molecular formula is C22H22N4O3S3. The van der Waals surface area contributed by atoms with E-state index in [1.165, 1.54) is 23.9 Å². The van der Waals surface area contributed by atoms with Crippen molar-refractivity contribution in [3.05, 3.63) is 76.5 Å². The number of rotatable bonds is 8. The lowest BCUT2D eigenvalue weighted by Crippen LogP contribution is -2.30. The Labute approximate surface area is 194 Å². The van der Waals surface area contributed by atoms with E-state index in [0.717, 1.165) is 16.0 Å². The molecule has 0 saturated heterocycles. The van der Waals surface area contributed by atoms with Crippen LogP contribution in [-0.2, 0) is 21.4 Å². The number of amides is 1. The van der Waals surface area contributed by atoms with E-state index in [9.17, 15) is 13.2 Å². The number of nitrogens with one attached hydrogen (secondary N) is 1. The Kier molecular flexibility index (Phi) is 6.66. The van der Waals surface area contributed by atoms with Gasteiger partial charge in [-0.3, -0.25) is 4.79 Å². The Hall–Kier alpha value is -2.66. The number of thioether (sulfide) groups is 1. The van der Waals surface area contributed by atoms with Gasteiger partial charge in [0.25, 0.3) is 0 Å². The van der Waals surface area contributed by atoms with Crippen molar-refractivity contribution in [2.45, 2.75) is 29.6 Å². The number of benzene rings is 2. The van der Waals surface area contributed by atoms with Crippen molar-refractivity contribution in [1.82, 2.24) is 14.9 Å². The maximum atomic E-state index is 12.8. The fourth-order valence-corrected chi connectivity index (χ4v) is 5.66. The van der Waals surface area contributed by atoms with E-state index in [1.54, 1.807) is 17.4 Å². The van der Waals surface area contributed by atoms with Gasteiger partial charge in [0.1, 0.15) is 0 Å². The van der Waals surface area contributed by atoms with E-state index in [-0.39, 0.29) is 22.6 Å². The standard InChI is InChI=1S/C22H22N4O3S3/c1-2-26-18-11-10-16(32(23,28)29)13-17(18)24-22(26)31-14-20(27)25-21(19-9-6-12-30-19)15-7-4-3-5-8-15/h3-13,21H,2,14H2,1H3,(H,25,27)(H2,23,28,29)/t21-/m1/s1. The number of carbonyl (C=O) groups excluding carboxylic acids is 1. The average molecular weight is 487 g/mol. The molecule has 32 heavy (non-hydrogen) atoms. The van der Waals surface area contributed by atoms with Gasteiger partial charge in [-0.25, -0.2) is 18.5 Å². The number of fused-ring (bicyclic) bond motifs is 1. The molecule has 2 aromatic carbocycles. The number of nitrogens with zero attached hydrogens (tertiary/aromatic N) is 2. The van der Waals surface area contributed by atoms with Gasteiger partial charge in [-0.2, -0.15) is 0 Å². The fraction of sp³-hybridized carbons (Fsp3) is 0.182. The molecule has 0 spiro atoms. The lowest BCUT2D eigenvalue weighted by molar-refractivity contribution is -0.119. The van der Waals surface area contributed by atoms with Crippen LogP contribution in [0, 0.1) is 0 Å². The molecule has 4 rings (SSSR count). The van der Waals surface area contributed by atoms with Gasteiger partial charge in [0.05, 0.1) is 27.7 Å². The van der Waals surface area contributed by atoms with Crippen molar-refractivity contribution in [2.24, 2.45) is 5.14 Å². The zero-order chi connectivity index (χ0) is 22.7. The molecule has 0 aliphatic rings. The summed E-state index contributed by atoms with van der Waals surface area (Å²) >= 11 is 2.91. The molecule has 0 bridgehead atoms. The predicted octanol–water partition coefficient (Wildman–Crippen LogP) is 3.76. The molecule has 4 aromatic rings. The zero-order valence-electron chi connectivity index (χ0n) is 17.3. The Bertz CT molecular complexity index is 1330. The lowest BCUT2D eigenvalue weighted by atomic mass is 10.1. The number of aryl methyl sites for hydroxylation is 1. The van der Waals surface area contributed by atoms with Gasteiger partial charge in [0.15, 0.2) is 5.16 Å².